The average molecular weight is 398 g/mol. The fraction of sp³-hybridized carbons (Fsp3) is 0.409. The Morgan fingerprint density at radius 2 is 2.00 bits per heavy atom. The van der Waals surface area contributed by atoms with Crippen molar-refractivity contribution in [2.45, 2.75) is 38.0 Å². The lowest BCUT2D eigenvalue weighted by molar-refractivity contribution is -0.149. The molecule has 146 valence electrons. The Morgan fingerprint density at radius 1 is 1.21 bits per heavy atom. The molecular formula is C22H24ClN3O2. The summed E-state index contributed by atoms with van der Waals surface area (Å²) in [4.78, 5) is 2.45. The normalized spacial score (nSPS) is 23.1. The topological polar surface area (TPSA) is 48.3 Å². The third-order valence-electron chi connectivity index (χ3n) is 6.26. The molecule has 2 aromatic rings. The molecule has 0 amide bonds. The van der Waals surface area contributed by atoms with E-state index in [2.05, 4.69) is 29.0 Å². The van der Waals surface area contributed by atoms with E-state index in [9.17, 15) is 5.11 Å². The summed E-state index contributed by atoms with van der Waals surface area (Å²) < 4.78 is 6.61. The summed E-state index contributed by atoms with van der Waals surface area (Å²) in [5.74, 6) is 1.17. The molecule has 1 fully saturated rings. The summed E-state index contributed by atoms with van der Waals surface area (Å²) >= 11 is 6.19. The zero-order chi connectivity index (χ0) is 19.3. The minimum atomic E-state index is -0.430. The third-order valence-corrected chi connectivity index (χ3v) is 6.49. The Labute approximate surface area is 170 Å². The molecule has 0 aromatic heterocycles. The third kappa shape index (κ3) is 2.76. The molecule has 0 saturated carbocycles. The number of phenolic OH excluding ortho intramolecular Hbond substituents is 1. The van der Waals surface area contributed by atoms with Gasteiger partial charge in [0.1, 0.15) is 11.5 Å². The lowest BCUT2D eigenvalue weighted by Gasteiger charge is -2.51. The highest BCUT2D eigenvalue weighted by Crippen LogP contribution is 2.50. The standard InChI is InChI=1S/C22H24ClN3O2/c1-2-25-11-9-22(10-12-25)26-19(16-5-3-4-6-21(16)28-22)14-18(24-26)17-13-15(23)7-8-20(17)27/h3-8,13,19,27H,2,9-12,14H2,1H3/t19-/m1/s1. The largest absolute Gasteiger partial charge is 0.507 e. The van der Waals surface area contributed by atoms with Gasteiger partial charge in [0.2, 0.25) is 5.72 Å². The number of hydrogen-bond donors (Lipinski definition) is 1. The minimum absolute atomic E-state index is 0.117. The van der Waals surface area contributed by atoms with Crippen molar-refractivity contribution < 1.29 is 9.84 Å². The van der Waals surface area contributed by atoms with E-state index in [0.717, 1.165) is 55.9 Å². The Morgan fingerprint density at radius 3 is 2.79 bits per heavy atom. The summed E-state index contributed by atoms with van der Waals surface area (Å²) in [6.07, 6.45) is 2.54. The van der Waals surface area contributed by atoms with E-state index in [1.165, 1.54) is 0 Å². The number of fused-ring (bicyclic) bond motifs is 4. The van der Waals surface area contributed by atoms with E-state index < -0.39 is 5.72 Å². The SMILES string of the molecule is CCN1CCC2(CC1)Oc1ccccc1[C@H]1CC(c3cc(Cl)ccc3O)=NN12. The molecule has 1 N–H and O–H groups in total. The van der Waals surface area contributed by atoms with Crippen LogP contribution in [0.2, 0.25) is 5.02 Å². The Balaban J connectivity index is 1.57. The lowest BCUT2D eigenvalue weighted by Crippen LogP contribution is -2.59. The molecule has 1 atom stereocenters. The Bertz CT molecular complexity index is 937. The van der Waals surface area contributed by atoms with E-state index in [-0.39, 0.29) is 11.8 Å². The van der Waals surface area contributed by atoms with Gasteiger partial charge in [0.05, 0.1) is 11.8 Å². The first-order valence-corrected chi connectivity index (χ1v) is 10.3. The molecule has 1 saturated heterocycles. The molecular weight excluding hydrogens is 374 g/mol. The molecule has 5 rings (SSSR count). The van der Waals surface area contributed by atoms with Gasteiger partial charge in [-0.15, -0.1) is 0 Å². The van der Waals surface area contributed by atoms with Crippen molar-refractivity contribution in [1.29, 1.82) is 0 Å². The van der Waals surface area contributed by atoms with Gasteiger partial charge in [-0.1, -0.05) is 36.7 Å². The van der Waals surface area contributed by atoms with E-state index >= 15 is 0 Å². The van der Waals surface area contributed by atoms with Crippen molar-refractivity contribution in [1.82, 2.24) is 9.91 Å². The minimum Gasteiger partial charge on any atom is -0.507 e. The molecule has 6 heteroatoms. The predicted octanol–water partition coefficient (Wildman–Crippen LogP) is 4.40. The number of phenols is 1. The highest BCUT2D eigenvalue weighted by Gasteiger charge is 2.51. The number of para-hydroxylation sites is 1. The van der Waals surface area contributed by atoms with Crippen LogP contribution in [0.3, 0.4) is 0 Å². The number of rotatable bonds is 2. The fourth-order valence-electron chi connectivity index (χ4n) is 4.68. The van der Waals surface area contributed by atoms with Gasteiger partial charge < -0.3 is 14.7 Å². The first-order valence-electron chi connectivity index (χ1n) is 9.96. The number of hydrogen-bond acceptors (Lipinski definition) is 5. The highest BCUT2D eigenvalue weighted by atomic mass is 35.5. The fourth-order valence-corrected chi connectivity index (χ4v) is 4.85. The van der Waals surface area contributed by atoms with Crippen LogP contribution in [-0.2, 0) is 0 Å². The molecule has 5 nitrogen and oxygen atoms in total. The zero-order valence-electron chi connectivity index (χ0n) is 15.9. The van der Waals surface area contributed by atoms with Crippen molar-refractivity contribution in [3.05, 3.63) is 58.6 Å². The summed E-state index contributed by atoms with van der Waals surface area (Å²) in [6, 6.07) is 13.5. The summed E-state index contributed by atoms with van der Waals surface area (Å²) in [7, 11) is 0. The molecule has 0 radical (unpaired) electrons. The van der Waals surface area contributed by atoms with Crippen LogP contribution < -0.4 is 4.74 Å². The maximum Gasteiger partial charge on any atom is 0.200 e. The average Bonchev–Trinajstić information content (AvgIpc) is 3.17. The van der Waals surface area contributed by atoms with Gasteiger partial charge in [0, 0.05) is 48.5 Å². The van der Waals surface area contributed by atoms with Gasteiger partial charge in [-0.25, -0.2) is 5.01 Å². The second-order valence-electron chi connectivity index (χ2n) is 7.79. The van der Waals surface area contributed by atoms with Gasteiger partial charge in [-0.2, -0.15) is 5.10 Å². The first kappa shape index (κ1) is 17.8. The first-order chi connectivity index (χ1) is 13.6. The van der Waals surface area contributed by atoms with E-state index in [1.807, 2.05) is 12.1 Å². The molecule has 0 aliphatic carbocycles. The van der Waals surface area contributed by atoms with Crippen LogP contribution in [0.25, 0.3) is 0 Å². The molecule has 3 heterocycles. The number of piperidine rings is 1. The smallest absolute Gasteiger partial charge is 0.200 e. The van der Waals surface area contributed by atoms with Gasteiger partial charge in [0.15, 0.2) is 0 Å². The van der Waals surface area contributed by atoms with Crippen LogP contribution in [-0.4, -0.2) is 46.1 Å². The van der Waals surface area contributed by atoms with Gasteiger partial charge >= 0.3 is 0 Å². The highest BCUT2D eigenvalue weighted by molar-refractivity contribution is 6.31. The summed E-state index contributed by atoms with van der Waals surface area (Å²) in [5.41, 5.74) is 2.30. The van der Waals surface area contributed by atoms with Crippen molar-refractivity contribution >= 4 is 17.3 Å². The quantitative estimate of drug-likeness (QED) is 0.815. The molecule has 0 unspecified atom stereocenters. The van der Waals surface area contributed by atoms with Crippen LogP contribution in [0, 0.1) is 0 Å². The number of ether oxygens (including phenoxy) is 1. The maximum atomic E-state index is 10.4. The number of halogens is 1. The van der Waals surface area contributed by atoms with Gasteiger partial charge in [-0.05, 0) is 30.8 Å². The molecule has 2 aromatic carbocycles. The van der Waals surface area contributed by atoms with E-state index in [1.54, 1.807) is 18.2 Å². The molecule has 0 bridgehead atoms. The Kier molecular flexibility index (Phi) is 4.25. The van der Waals surface area contributed by atoms with Crippen molar-refractivity contribution in [2.24, 2.45) is 5.10 Å². The van der Waals surface area contributed by atoms with Gasteiger partial charge in [-0.3, -0.25) is 0 Å². The van der Waals surface area contributed by atoms with Crippen LogP contribution in [0.5, 0.6) is 11.5 Å². The summed E-state index contributed by atoms with van der Waals surface area (Å²) in [6.45, 7) is 5.25. The van der Waals surface area contributed by atoms with E-state index in [0.29, 0.717) is 10.6 Å². The van der Waals surface area contributed by atoms with Crippen LogP contribution in [0.15, 0.2) is 47.6 Å². The monoisotopic (exact) mass is 397 g/mol. The molecule has 1 spiro atoms. The number of nitrogens with zero attached hydrogens (tertiary/aromatic N) is 3. The second kappa shape index (κ2) is 6.68. The van der Waals surface area contributed by atoms with Crippen molar-refractivity contribution in [3.8, 4) is 11.5 Å². The molecule has 28 heavy (non-hydrogen) atoms. The van der Waals surface area contributed by atoms with Crippen molar-refractivity contribution in [2.75, 3.05) is 19.6 Å². The maximum absolute atomic E-state index is 10.4. The zero-order valence-corrected chi connectivity index (χ0v) is 16.7. The van der Waals surface area contributed by atoms with Crippen molar-refractivity contribution in [3.63, 3.8) is 0 Å². The van der Waals surface area contributed by atoms with E-state index in [4.69, 9.17) is 21.4 Å². The predicted molar refractivity (Wildman–Crippen MR) is 110 cm³/mol. The number of benzene rings is 2. The molecule has 3 aliphatic heterocycles. The summed E-state index contributed by atoms with van der Waals surface area (Å²) in [5, 5.41) is 18.2. The Hall–Kier alpha value is -2.24. The number of aromatic hydroxyl groups is 1. The number of likely N-dealkylation sites (tertiary alicyclic amines) is 1. The molecule has 3 aliphatic rings. The van der Waals surface area contributed by atoms with Crippen LogP contribution >= 0.6 is 11.6 Å². The second-order valence-corrected chi connectivity index (χ2v) is 8.23. The number of hydrazone groups is 1. The van der Waals surface area contributed by atoms with Crippen LogP contribution in [0.4, 0.5) is 0 Å². The lowest BCUT2D eigenvalue weighted by atomic mass is 9.90. The van der Waals surface area contributed by atoms with Crippen LogP contribution in [0.1, 0.15) is 43.4 Å². The van der Waals surface area contributed by atoms with Gasteiger partial charge in [0.25, 0.3) is 0 Å².